The molecule has 6 nitrogen and oxygen atoms in total. The summed E-state index contributed by atoms with van der Waals surface area (Å²) < 4.78 is 40.3. The van der Waals surface area contributed by atoms with Crippen molar-refractivity contribution in [3.05, 3.63) is 66.5 Å². The lowest BCUT2D eigenvalue weighted by atomic mass is 10.1. The number of pyridine rings is 1. The fraction of sp³-hybridized carbons (Fsp3) is 0.200. The topological polar surface area (TPSA) is 77.0 Å². The third-order valence-corrected chi connectivity index (χ3v) is 4.65. The first-order valence-electron chi connectivity index (χ1n) is 8.88. The Morgan fingerprint density at radius 2 is 1.80 bits per heavy atom. The first-order valence-corrected chi connectivity index (χ1v) is 9.86. The fourth-order valence-corrected chi connectivity index (χ4v) is 3.11. The molecule has 1 aromatic carbocycles. The second-order valence-corrected chi connectivity index (χ2v) is 6.96. The van der Waals surface area contributed by atoms with E-state index in [0.29, 0.717) is 23.8 Å². The highest BCUT2D eigenvalue weighted by molar-refractivity contribution is 7.99. The van der Waals surface area contributed by atoms with Crippen LogP contribution in [-0.4, -0.2) is 39.5 Å². The Bertz CT molecular complexity index is 970. The van der Waals surface area contributed by atoms with Gasteiger partial charge < -0.3 is 10.1 Å². The van der Waals surface area contributed by atoms with E-state index in [9.17, 15) is 18.0 Å². The average Bonchev–Trinajstić information content (AvgIpc) is 2.73. The second-order valence-electron chi connectivity index (χ2n) is 6.02. The van der Waals surface area contributed by atoms with Gasteiger partial charge in [0.2, 0.25) is 5.91 Å². The van der Waals surface area contributed by atoms with Crippen LogP contribution in [-0.2, 0) is 11.2 Å². The fourth-order valence-electron chi connectivity index (χ4n) is 2.45. The Morgan fingerprint density at radius 1 is 1.00 bits per heavy atom. The van der Waals surface area contributed by atoms with Gasteiger partial charge in [-0.15, -0.1) is 13.2 Å². The third kappa shape index (κ3) is 7.03. The highest BCUT2D eigenvalue weighted by Gasteiger charge is 2.30. The molecular formula is C20H17F3N4O2S. The molecule has 30 heavy (non-hydrogen) atoms. The molecule has 0 fully saturated rings. The Kier molecular flexibility index (Phi) is 7.23. The Hall–Kier alpha value is -3.14. The van der Waals surface area contributed by atoms with Crippen molar-refractivity contribution in [2.75, 3.05) is 12.3 Å². The number of carbonyl (C=O) groups excluding carboxylic acids is 1. The summed E-state index contributed by atoms with van der Waals surface area (Å²) in [5.41, 5.74) is 2.17. The second kappa shape index (κ2) is 10.1. The quantitative estimate of drug-likeness (QED) is 0.428. The predicted octanol–water partition coefficient (Wildman–Crippen LogP) is 3.89. The minimum absolute atomic E-state index is 0.143. The van der Waals surface area contributed by atoms with E-state index in [1.54, 1.807) is 18.5 Å². The minimum atomic E-state index is -4.71. The van der Waals surface area contributed by atoms with Crippen molar-refractivity contribution < 1.29 is 22.7 Å². The van der Waals surface area contributed by atoms with Gasteiger partial charge in [-0.05, 0) is 42.3 Å². The summed E-state index contributed by atoms with van der Waals surface area (Å²) in [5, 5.41) is 3.23. The zero-order valence-corrected chi connectivity index (χ0v) is 16.4. The van der Waals surface area contributed by atoms with Gasteiger partial charge in [0.05, 0.1) is 17.1 Å². The molecule has 0 unspecified atom stereocenters. The van der Waals surface area contributed by atoms with Crippen LogP contribution in [0.2, 0.25) is 0 Å². The Balaban J connectivity index is 1.42. The van der Waals surface area contributed by atoms with E-state index in [1.807, 2.05) is 18.2 Å². The van der Waals surface area contributed by atoms with E-state index in [0.717, 1.165) is 11.3 Å². The number of benzene rings is 1. The Labute approximate surface area is 174 Å². The summed E-state index contributed by atoms with van der Waals surface area (Å²) in [4.78, 5) is 24.8. The molecule has 0 aliphatic heterocycles. The van der Waals surface area contributed by atoms with Crippen molar-refractivity contribution in [3.8, 4) is 17.1 Å². The van der Waals surface area contributed by atoms with Gasteiger partial charge in [0.25, 0.3) is 0 Å². The molecule has 0 radical (unpaired) electrons. The average molecular weight is 434 g/mol. The maximum absolute atomic E-state index is 12.2. The molecule has 1 N–H and O–H groups in total. The molecule has 0 aliphatic rings. The van der Waals surface area contributed by atoms with Crippen LogP contribution < -0.4 is 10.1 Å². The van der Waals surface area contributed by atoms with Crippen LogP contribution in [0.1, 0.15) is 5.56 Å². The Morgan fingerprint density at radius 3 is 2.50 bits per heavy atom. The number of nitrogens with zero attached hydrogens (tertiary/aromatic N) is 3. The third-order valence-electron chi connectivity index (χ3n) is 3.79. The van der Waals surface area contributed by atoms with Crippen LogP contribution in [0.4, 0.5) is 13.2 Å². The van der Waals surface area contributed by atoms with Crippen molar-refractivity contribution in [2.24, 2.45) is 0 Å². The molecular weight excluding hydrogens is 417 g/mol. The van der Waals surface area contributed by atoms with Crippen molar-refractivity contribution in [1.29, 1.82) is 0 Å². The summed E-state index contributed by atoms with van der Waals surface area (Å²) in [7, 11) is 0. The normalized spacial score (nSPS) is 11.2. The molecule has 0 atom stereocenters. The van der Waals surface area contributed by atoms with E-state index < -0.39 is 6.36 Å². The van der Waals surface area contributed by atoms with Gasteiger partial charge >= 0.3 is 6.36 Å². The molecule has 0 bridgehead atoms. The number of thioether (sulfide) groups is 1. The molecule has 0 spiro atoms. The van der Waals surface area contributed by atoms with Gasteiger partial charge in [-0.25, -0.2) is 9.97 Å². The van der Waals surface area contributed by atoms with E-state index in [2.05, 4.69) is 25.0 Å². The lowest BCUT2D eigenvalue weighted by Gasteiger charge is -2.09. The summed E-state index contributed by atoms with van der Waals surface area (Å²) >= 11 is 1.21. The number of nitrogens with one attached hydrogen (secondary N) is 1. The van der Waals surface area contributed by atoms with Crippen LogP contribution >= 0.6 is 11.8 Å². The van der Waals surface area contributed by atoms with E-state index in [1.165, 1.54) is 36.0 Å². The number of rotatable bonds is 8. The van der Waals surface area contributed by atoms with Crippen molar-refractivity contribution in [3.63, 3.8) is 0 Å². The van der Waals surface area contributed by atoms with Crippen LogP contribution in [0.25, 0.3) is 11.4 Å². The molecule has 0 saturated carbocycles. The van der Waals surface area contributed by atoms with Gasteiger partial charge in [-0.2, -0.15) is 0 Å². The smallest absolute Gasteiger partial charge is 0.406 e. The van der Waals surface area contributed by atoms with Crippen LogP contribution in [0.3, 0.4) is 0 Å². The van der Waals surface area contributed by atoms with Crippen molar-refractivity contribution in [1.82, 2.24) is 20.3 Å². The number of carbonyl (C=O) groups is 1. The van der Waals surface area contributed by atoms with E-state index in [-0.39, 0.29) is 17.4 Å². The number of hydrogen-bond donors (Lipinski definition) is 1. The van der Waals surface area contributed by atoms with Crippen LogP contribution in [0.15, 0.2) is 66.1 Å². The maximum Gasteiger partial charge on any atom is 0.573 e. The molecule has 2 aromatic heterocycles. The molecule has 3 aromatic rings. The van der Waals surface area contributed by atoms with Crippen LogP contribution in [0.5, 0.6) is 5.75 Å². The van der Waals surface area contributed by atoms with Crippen LogP contribution in [0, 0.1) is 0 Å². The molecule has 156 valence electrons. The minimum Gasteiger partial charge on any atom is -0.406 e. The number of hydrogen-bond acceptors (Lipinski definition) is 6. The zero-order valence-electron chi connectivity index (χ0n) is 15.6. The lowest BCUT2D eigenvalue weighted by Crippen LogP contribution is -2.27. The molecule has 10 heteroatoms. The number of ether oxygens (including phenoxy) is 1. The largest absolute Gasteiger partial charge is 0.573 e. The summed E-state index contributed by atoms with van der Waals surface area (Å²) in [5.74, 6) is -0.326. The van der Waals surface area contributed by atoms with Gasteiger partial charge in [-0.1, -0.05) is 30.0 Å². The first kappa shape index (κ1) is 21.6. The van der Waals surface area contributed by atoms with E-state index >= 15 is 0 Å². The standard InChI is InChI=1S/C20H17F3N4O2S/c21-20(22,23)29-15-6-4-14(5-7-15)8-11-25-18(28)13-30-19-26-12-9-17(27-19)16-3-1-2-10-24-16/h1-7,9-10,12H,8,11,13H2,(H,25,28). The van der Waals surface area contributed by atoms with Crippen molar-refractivity contribution in [2.45, 2.75) is 17.9 Å². The summed E-state index contributed by atoms with van der Waals surface area (Å²) in [6.45, 7) is 0.355. The SMILES string of the molecule is O=C(CSc1nccc(-c2ccccn2)n1)NCCc1ccc(OC(F)(F)F)cc1. The van der Waals surface area contributed by atoms with Gasteiger partial charge in [0.15, 0.2) is 5.16 Å². The lowest BCUT2D eigenvalue weighted by molar-refractivity contribution is -0.274. The van der Waals surface area contributed by atoms with Gasteiger partial charge in [0.1, 0.15) is 5.75 Å². The highest BCUT2D eigenvalue weighted by atomic mass is 32.2. The molecule has 1 amide bonds. The maximum atomic E-state index is 12.2. The number of alkyl halides is 3. The summed E-state index contributed by atoms with van der Waals surface area (Å²) in [6, 6.07) is 12.8. The van der Waals surface area contributed by atoms with Gasteiger partial charge in [-0.3, -0.25) is 9.78 Å². The first-order chi connectivity index (χ1) is 14.4. The monoisotopic (exact) mass is 434 g/mol. The molecule has 2 heterocycles. The molecule has 0 saturated heterocycles. The predicted molar refractivity (Wildman–Crippen MR) is 106 cm³/mol. The number of amides is 1. The van der Waals surface area contributed by atoms with E-state index in [4.69, 9.17) is 0 Å². The zero-order chi connectivity index (χ0) is 21.4. The number of halogens is 3. The molecule has 3 rings (SSSR count). The highest BCUT2D eigenvalue weighted by Crippen LogP contribution is 2.23. The van der Waals surface area contributed by atoms with Crippen molar-refractivity contribution >= 4 is 17.7 Å². The summed E-state index contributed by atoms with van der Waals surface area (Å²) in [6.07, 6.45) is -0.944. The molecule has 0 aliphatic carbocycles. The van der Waals surface area contributed by atoms with Gasteiger partial charge in [0, 0.05) is 18.9 Å². The number of aromatic nitrogens is 3.